The van der Waals surface area contributed by atoms with Crippen molar-refractivity contribution in [2.75, 3.05) is 11.5 Å². The van der Waals surface area contributed by atoms with Crippen molar-refractivity contribution in [3.05, 3.63) is 0 Å². The predicted octanol–water partition coefficient (Wildman–Crippen LogP) is 3.81. The summed E-state index contributed by atoms with van der Waals surface area (Å²) >= 11 is 2.13. The highest BCUT2D eigenvalue weighted by molar-refractivity contribution is 7.99. The number of thioether (sulfide) groups is 1. The smallest absolute Gasteiger partial charge is 0.00365 e. The Morgan fingerprint density at radius 3 is 2.42 bits per heavy atom. The topological polar surface area (TPSA) is 0 Å². The van der Waals surface area contributed by atoms with Crippen LogP contribution in [-0.2, 0) is 0 Å². The lowest BCUT2D eigenvalue weighted by Gasteiger charge is -2.16. The molecule has 0 spiro atoms. The summed E-state index contributed by atoms with van der Waals surface area (Å²) in [4.78, 5) is 0. The molecule has 0 aliphatic heterocycles. The minimum atomic E-state index is 0.998. The van der Waals surface area contributed by atoms with Gasteiger partial charge >= 0.3 is 0 Å². The Bertz CT molecular complexity index is 122. The highest BCUT2D eigenvalue weighted by Gasteiger charge is 2.29. The molecular formula is C11H22S. The van der Waals surface area contributed by atoms with Gasteiger partial charge in [0, 0.05) is 0 Å². The van der Waals surface area contributed by atoms with Crippen LogP contribution in [0.15, 0.2) is 0 Å². The molecule has 1 fully saturated rings. The molecule has 0 aromatic heterocycles. The Labute approximate surface area is 81.5 Å². The van der Waals surface area contributed by atoms with Gasteiger partial charge in [0.05, 0.1) is 0 Å². The molecule has 0 saturated heterocycles. The molecule has 0 nitrogen and oxygen atoms in total. The molecule has 12 heavy (non-hydrogen) atoms. The van der Waals surface area contributed by atoms with E-state index in [0.29, 0.717) is 0 Å². The molecule has 3 unspecified atom stereocenters. The van der Waals surface area contributed by atoms with Crippen LogP contribution in [0.5, 0.6) is 0 Å². The molecule has 0 heterocycles. The molecule has 0 N–H and O–H groups in total. The van der Waals surface area contributed by atoms with E-state index in [1.165, 1.54) is 30.8 Å². The minimum Gasteiger partial charge on any atom is -0.162 e. The van der Waals surface area contributed by atoms with E-state index in [-0.39, 0.29) is 0 Å². The van der Waals surface area contributed by atoms with Crippen LogP contribution in [0.2, 0.25) is 0 Å². The van der Waals surface area contributed by atoms with E-state index in [1.54, 1.807) is 0 Å². The maximum atomic E-state index is 2.42. The summed E-state index contributed by atoms with van der Waals surface area (Å²) in [6.07, 6.45) is 4.39. The maximum absolute atomic E-state index is 2.42. The zero-order valence-corrected chi connectivity index (χ0v) is 9.49. The van der Waals surface area contributed by atoms with Gasteiger partial charge in [0.15, 0.2) is 0 Å². The second-order valence-electron chi connectivity index (χ2n) is 4.16. The lowest BCUT2D eigenvalue weighted by atomic mass is 9.95. The van der Waals surface area contributed by atoms with Crippen molar-refractivity contribution >= 4 is 11.8 Å². The van der Waals surface area contributed by atoms with Crippen LogP contribution in [0.1, 0.15) is 40.0 Å². The molecule has 72 valence electrons. The van der Waals surface area contributed by atoms with Crippen molar-refractivity contribution < 1.29 is 0 Å². The predicted molar refractivity (Wildman–Crippen MR) is 58.7 cm³/mol. The summed E-state index contributed by atoms with van der Waals surface area (Å²) in [5.74, 6) is 5.78. The van der Waals surface area contributed by atoms with Crippen LogP contribution in [0, 0.1) is 17.8 Å². The van der Waals surface area contributed by atoms with Crippen molar-refractivity contribution in [1.82, 2.24) is 0 Å². The van der Waals surface area contributed by atoms with Gasteiger partial charge in [-0.2, -0.15) is 11.8 Å². The van der Waals surface area contributed by atoms with Crippen molar-refractivity contribution in [3.63, 3.8) is 0 Å². The monoisotopic (exact) mass is 186 g/mol. The van der Waals surface area contributed by atoms with Gasteiger partial charge in [0.2, 0.25) is 0 Å². The Hall–Kier alpha value is 0.350. The van der Waals surface area contributed by atoms with Gasteiger partial charge < -0.3 is 0 Å². The van der Waals surface area contributed by atoms with Crippen LogP contribution in [0.4, 0.5) is 0 Å². The Balaban J connectivity index is 2.30. The van der Waals surface area contributed by atoms with Crippen LogP contribution in [-0.4, -0.2) is 11.5 Å². The van der Waals surface area contributed by atoms with Crippen LogP contribution in [0.3, 0.4) is 0 Å². The molecule has 1 saturated carbocycles. The lowest BCUT2D eigenvalue weighted by Crippen LogP contribution is -2.09. The summed E-state index contributed by atoms with van der Waals surface area (Å²) in [5.41, 5.74) is 0. The van der Waals surface area contributed by atoms with E-state index in [9.17, 15) is 0 Å². The van der Waals surface area contributed by atoms with Crippen molar-refractivity contribution in [2.24, 2.45) is 17.8 Å². The van der Waals surface area contributed by atoms with Crippen LogP contribution < -0.4 is 0 Å². The molecule has 0 aromatic carbocycles. The van der Waals surface area contributed by atoms with Crippen molar-refractivity contribution in [1.29, 1.82) is 0 Å². The molecule has 3 atom stereocenters. The summed E-state index contributed by atoms with van der Waals surface area (Å²) in [7, 11) is 0. The molecule has 0 amide bonds. The summed E-state index contributed by atoms with van der Waals surface area (Å²) in [6, 6.07) is 0. The van der Waals surface area contributed by atoms with Crippen molar-refractivity contribution in [2.45, 2.75) is 40.0 Å². The second kappa shape index (κ2) is 5.16. The Kier molecular flexibility index (Phi) is 4.49. The molecule has 1 aliphatic carbocycles. The van der Waals surface area contributed by atoms with Crippen LogP contribution >= 0.6 is 11.8 Å². The van der Waals surface area contributed by atoms with E-state index in [2.05, 4.69) is 32.5 Å². The average Bonchev–Trinajstić information content (AvgIpc) is 2.42. The third-order valence-electron chi connectivity index (χ3n) is 3.14. The molecule has 1 heteroatoms. The van der Waals surface area contributed by atoms with Gasteiger partial charge in [0.1, 0.15) is 0 Å². The fourth-order valence-corrected chi connectivity index (χ4v) is 3.43. The number of rotatable bonds is 4. The van der Waals surface area contributed by atoms with Gasteiger partial charge in [-0.1, -0.05) is 27.2 Å². The van der Waals surface area contributed by atoms with E-state index >= 15 is 0 Å². The Morgan fingerprint density at radius 2 is 1.83 bits per heavy atom. The zero-order chi connectivity index (χ0) is 8.97. The molecule has 1 aliphatic rings. The third-order valence-corrected chi connectivity index (χ3v) is 4.21. The second-order valence-corrected chi connectivity index (χ2v) is 5.48. The first kappa shape index (κ1) is 10.4. The largest absolute Gasteiger partial charge is 0.162 e. The molecule has 0 aromatic rings. The van der Waals surface area contributed by atoms with Crippen LogP contribution in [0.25, 0.3) is 0 Å². The van der Waals surface area contributed by atoms with E-state index in [4.69, 9.17) is 0 Å². The first-order valence-corrected chi connectivity index (χ1v) is 6.51. The first-order chi connectivity index (χ1) is 5.77. The average molecular weight is 186 g/mol. The molecular weight excluding hydrogens is 164 g/mol. The quantitative estimate of drug-likeness (QED) is 0.643. The summed E-state index contributed by atoms with van der Waals surface area (Å²) in [6.45, 7) is 7.04. The van der Waals surface area contributed by atoms with Gasteiger partial charge in [-0.05, 0) is 42.1 Å². The molecule has 0 bridgehead atoms. The van der Waals surface area contributed by atoms with Gasteiger partial charge in [0.25, 0.3) is 0 Å². The van der Waals surface area contributed by atoms with Crippen molar-refractivity contribution in [3.8, 4) is 0 Å². The minimum absolute atomic E-state index is 0.998. The highest BCUT2D eigenvalue weighted by atomic mass is 32.2. The summed E-state index contributed by atoms with van der Waals surface area (Å²) in [5, 5.41) is 0. The van der Waals surface area contributed by atoms with Gasteiger partial charge in [-0.15, -0.1) is 0 Å². The zero-order valence-electron chi connectivity index (χ0n) is 8.68. The van der Waals surface area contributed by atoms with E-state index < -0.39 is 0 Å². The summed E-state index contributed by atoms with van der Waals surface area (Å²) < 4.78 is 0. The lowest BCUT2D eigenvalue weighted by molar-refractivity contribution is 0.412. The van der Waals surface area contributed by atoms with E-state index in [0.717, 1.165) is 17.8 Å². The Morgan fingerprint density at radius 1 is 1.17 bits per heavy atom. The first-order valence-electron chi connectivity index (χ1n) is 5.35. The highest BCUT2D eigenvalue weighted by Crippen LogP contribution is 2.39. The third kappa shape index (κ3) is 2.69. The van der Waals surface area contributed by atoms with Gasteiger partial charge in [-0.25, -0.2) is 0 Å². The number of hydrogen-bond donors (Lipinski definition) is 0. The maximum Gasteiger partial charge on any atom is -0.00365 e. The molecule has 0 radical (unpaired) electrons. The standard InChI is InChI=1S/C11H22S/c1-4-10-6-9(3)7-11(10)8-12-5-2/h9-11H,4-8H2,1-3H3. The van der Waals surface area contributed by atoms with Gasteiger partial charge in [-0.3, -0.25) is 0 Å². The fourth-order valence-electron chi connectivity index (χ4n) is 2.49. The number of hydrogen-bond acceptors (Lipinski definition) is 1. The normalized spacial score (nSPS) is 35.8. The van der Waals surface area contributed by atoms with E-state index in [1.807, 2.05) is 0 Å². The SMILES string of the molecule is CCSCC1CC(C)CC1CC. The fraction of sp³-hybridized carbons (Fsp3) is 1.00. The molecule has 1 rings (SSSR count).